The Morgan fingerprint density at radius 3 is 2.48 bits per heavy atom. The lowest BCUT2D eigenvalue weighted by Gasteiger charge is -2.17. The largest absolute Gasteiger partial charge is 0.478 e. The molecule has 0 saturated heterocycles. The molecule has 0 amide bonds. The number of nitrogens with one attached hydrogen (secondary N) is 1. The first-order valence-corrected chi connectivity index (χ1v) is 10.6. The fourth-order valence-electron chi connectivity index (χ4n) is 2.92. The zero-order chi connectivity index (χ0) is 24.0. The average molecular weight is 480 g/mol. The van der Waals surface area contributed by atoms with Gasteiger partial charge in [-0.2, -0.15) is 13.2 Å². The van der Waals surface area contributed by atoms with Crippen LogP contribution in [0.3, 0.4) is 0 Å². The number of hydrogen-bond acceptors (Lipinski definition) is 7. The SMILES string of the molecule is CCOC(=O)C(Cc1cccs1)Oc1ccc(Nc2ccc(C(F)(F)F)cc2[N+](=O)[O-])cc1. The van der Waals surface area contributed by atoms with E-state index in [-0.39, 0.29) is 12.3 Å². The van der Waals surface area contributed by atoms with Crippen LogP contribution in [0.5, 0.6) is 5.75 Å². The van der Waals surface area contributed by atoms with Crippen molar-refractivity contribution >= 4 is 34.4 Å². The Balaban J connectivity index is 1.75. The molecule has 0 radical (unpaired) electrons. The number of nitrogens with zero attached hydrogens (tertiary/aromatic N) is 1. The summed E-state index contributed by atoms with van der Waals surface area (Å²) in [6.07, 6.45) is -5.23. The Kier molecular flexibility index (Phi) is 7.54. The molecule has 1 heterocycles. The number of carbonyl (C=O) groups excluding carboxylic acids is 1. The van der Waals surface area contributed by atoms with Crippen LogP contribution in [-0.2, 0) is 22.1 Å². The van der Waals surface area contributed by atoms with Crippen LogP contribution in [0, 0.1) is 10.1 Å². The third-order valence-electron chi connectivity index (χ3n) is 4.45. The van der Waals surface area contributed by atoms with Crippen LogP contribution in [0.25, 0.3) is 0 Å². The van der Waals surface area contributed by atoms with Gasteiger partial charge >= 0.3 is 12.1 Å². The van der Waals surface area contributed by atoms with Gasteiger partial charge < -0.3 is 14.8 Å². The van der Waals surface area contributed by atoms with Gasteiger partial charge in [-0.1, -0.05) is 6.07 Å². The van der Waals surface area contributed by atoms with Crippen molar-refractivity contribution in [2.75, 3.05) is 11.9 Å². The molecule has 1 atom stereocenters. The molecule has 0 aliphatic rings. The van der Waals surface area contributed by atoms with Crippen molar-refractivity contribution in [1.29, 1.82) is 0 Å². The first-order valence-electron chi connectivity index (χ1n) is 9.75. The highest BCUT2D eigenvalue weighted by atomic mass is 32.1. The molecular formula is C22H19F3N2O5S. The molecule has 1 unspecified atom stereocenters. The normalized spacial score (nSPS) is 12.1. The van der Waals surface area contributed by atoms with Gasteiger partial charge in [0.1, 0.15) is 11.4 Å². The van der Waals surface area contributed by atoms with Gasteiger partial charge in [-0.3, -0.25) is 10.1 Å². The highest BCUT2D eigenvalue weighted by Gasteiger charge is 2.33. The molecule has 33 heavy (non-hydrogen) atoms. The molecule has 0 aliphatic carbocycles. The van der Waals surface area contributed by atoms with Crippen LogP contribution < -0.4 is 10.1 Å². The van der Waals surface area contributed by atoms with Crippen LogP contribution >= 0.6 is 11.3 Å². The number of benzene rings is 2. The van der Waals surface area contributed by atoms with Gasteiger partial charge in [0, 0.05) is 23.1 Å². The van der Waals surface area contributed by atoms with E-state index in [0.29, 0.717) is 23.9 Å². The third-order valence-corrected chi connectivity index (χ3v) is 5.35. The van der Waals surface area contributed by atoms with Gasteiger partial charge in [0.05, 0.1) is 17.1 Å². The minimum Gasteiger partial charge on any atom is -0.478 e. The summed E-state index contributed by atoms with van der Waals surface area (Å²) in [5.41, 5.74) is -1.53. The highest BCUT2D eigenvalue weighted by molar-refractivity contribution is 7.09. The van der Waals surface area contributed by atoms with Crippen molar-refractivity contribution in [3.05, 3.63) is 80.5 Å². The van der Waals surface area contributed by atoms with Gasteiger partial charge in [0.15, 0.2) is 0 Å². The molecule has 1 aromatic heterocycles. The Labute approximate surface area is 190 Å². The molecule has 0 fully saturated rings. The molecule has 174 valence electrons. The first-order chi connectivity index (χ1) is 15.7. The molecule has 0 aliphatic heterocycles. The fraction of sp³-hybridized carbons (Fsp3) is 0.227. The first kappa shape index (κ1) is 24.1. The Bertz CT molecular complexity index is 1100. The van der Waals surface area contributed by atoms with E-state index in [4.69, 9.17) is 9.47 Å². The lowest BCUT2D eigenvalue weighted by Crippen LogP contribution is -2.31. The van der Waals surface area contributed by atoms with Crippen LogP contribution in [0.4, 0.5) is 30.2 Å². The molecule has 1 N–H and O–H groups in total. The summed E-state index contributed by atoms with van der Waals surface area (Å²) >= 11 is 1.48. The zero-order valence-corrected chi connectivity index (χ0v) is 18.1. The number of alkyl halides is 3. The van der Waals surface area contributed by atoms with Crippen LogP contribution in [0.15, 0.2) is 60.0 Å². The van der Waals surface area contributed by atoms with E-state index in [2.05, 4.69) is 5.32 Å². The summed E-state index contributed by atoms with van der Waals surface area (Å²) in [5.74, 6) is -0.148. The maximum Gasteiger partial charge on any atom is 0.416 e. The minimum atomic E-state index is -4.69. The fourth-order valence-corrected chi connectivity index (χ4v) is 3.66. The number of halogens is 3. The zero-order valence-electron chi connectivity index (χ0n) is 17.3. The number of esters is 1. The van der Waals surface area contributed by atoms with Gasteiger partial charge in [-0.15, -0.1) is 11.3 Å². The third kappa shape index (κ3) is 6.45. The van der Waals surface area contributed by atoms with Gasteiger partial charge in [0.25, 0.3) is 5.69 Å². The van der Waals surface area contributed by atoms with E-state index in [1.54, 1.807) is 19.1 Å². The summed E-state index contributed by atoms with van der Waals surface area (Å²) in [6.45, 7) is 1.90. The number of thiophene rings is 1. The van der Waals surface area contributed by atoms with E-state index in [1.807, 2.05) is 17.5 Å². The minimum absolute atomic E-state index is 0.0937. The molecule has 2 aromatic carbocycles. The predicted octanol–water partition coefficient (Wildman–Crippen LogP) is 5.97. The van der Waals surface area contributed by atoms with E-state index >= 15 is 0 Å². The number of carbonyl (C=O) groups is 1. The van der Waals surface area contributed by atoms with Crippen LogP contribution in [0.1, 0.15) is 17.4 Å². The number of nitro benzene ring substituents is 1. The second-order valence-corrected chi connectivity index (χ2v) is 7.81. The molecule has 11 heteroatoms. The smallest absolute Gasteiger partial charge is 0.416 e. The molecule has 7 nitrogen and oxygen atoms in total. The number of anilines is 2. The maximum atomic E-state index is 12.9. The highest BCUT2D eigenvalue weighted by Crippen LogP contribution is 2.36. The van der Waals surface area contributed by atoms with Gasteiger partial charge in [-0.05, 0) is 54.8 Å². The van der Waals surface area contributed by atoms with Crippen molar-refractivity contribution in [3.8, 4) is 5.75 Å². The molecule has 0 bridgehead atoms. The second kappa shape index (κ2) is 10.3. The van der Waals surface area contributed by atoms with Crippen LogP contribution in [-0.4, -0.2) is 23.6 Å². The van der Waals surface area contributed by atoms with Crippen molar-refractivity contribution in [2.24, 2.45) is 0 Å². The lowest BCUT2D eigenvalue weighted by atomic mass is 10.1. The van der Waals surface area contributed by atoms with E-state index < -0.39 is 34.4 Å². The summed E-state index contributed by atoms with van der Waals surface area (Å²) in [7, 11) is 0. The lowest BCUT2D eigenvalue weighted by molar-refractivity contribution is -0.384. The summed E-state index contributed by atoms with van der Waals surface area (Å²) in [6, 6.07) is 12.1. The Morgan fingerprint density at radius 1 is 1.18 bits per heavy atom. The van der Waals surface area contributed by atoms with Gasteiger partial charge in [-0.25, -0.2) is 4.79 Å². The standard InChI is InChI=1S/C22H19F3N2O5S/c1-2-31-21(28)20(13-17-4-3-11-33-17)32-16-8-6-15(7-9-16)26-18-10-5-14(22(23,24)25)12-19(18)27(29)30/h3-12,20,26H,2,13H2,1H3. The van der Waals surface area contributed by atoms with Gasteiger partial charge in [0.2, 0.25) is 6.10 Å². The number of hydrogen-bond donors (Lipinski definition) is 1. The Hall–Kier alpha value is -3.60. The van der Waals surface area contributed by atoms with E-state index in [0.717, 1.165) is 17.0 Å². The number of rotatable bonds is 9. The predicted molar refractivity (Wildman–Crippen MR) is 117 cm³/mol. The summed E-state index contributed by atoms with van der Waals surface area (Å²) in [5, 5.41) is 15.9. The summed E-state index contributed by atoms with van der Waals surface area (Å²) in [4.78, 5) is 23.6. The molecular weight excluding hydrogens is 461 g/mol. The Morgan fingerprint density at radius 2 is 1.91 bits per heavy atom. The van der Waals surface area contributed by atoms with Crippen molar-refractivity contribution in [3.63, 3.8) is 0 Å². The number of ether oxygens (including phenoxy) is 2. The van der Waals surface area contributed by atoms with Crippen molar-refractivity contribution < 1.29 is 32.4 Å². The number of nitro groups is 1. The molecule has 3 rings (SSSR count). The monoisotopic (exact) mass is 480 g/mol. The average Bonchev–Trinajstić information content (AvgIpc) is 3.27. The quantitative estimate of drug-likeness (QED) is 0.230. The maximum absolute atomic E-state index is 12.9. The van der Waals surface area contributed by atoms with E-state index in [1.165, 1.54) is 23.5 Å². The molecule has 0 saturated carbocycles. The van der Waals surface area contributed by atoms with Crippen molar-refractivity contribution in [1.82, 2.24) is 0 Å². The molecule has 0 spiro atoms. The van der Waals surface area contributed by atoms with Crippen molar-refractivity contribution in [2.45, 2.75) is 25.6 Å². The molecule has 3 aromatic rings. The van der Waals surface area contributed by atoms with E-state index in [9.17, 15) is 28.1 Å². The van der Waals surface area contributed by atoms with Crippen LogP contribution in [0.2, 0.25) is 0 Å². The second-order valence-electron chi connectivity index (χ2n) is 6.78. The topological polar surface area (TPSA) is 90.7 Å². The summed E-state index contributed by atoms with van der Waals surface area (Å²) < 4.78 is 49.5.